The van der Waals surface area contributed by atoms with Crippen molar-refractivity contribution in [2.45, 2.75) is 44.9 Å². The van der Waals surface area contributed by atoms with Gasteiger partial charge in [0.25, 0.3) is 0 Å². The molecule has 0 heterocycles. The Morgan fingerprint density at radius 3 is 2.06 bits per heavy atom. The number of rotatable bonds is 10. The number of nitrogens with zero attached hydrogens (tertiary/aromatic N) is 1. The zero-order valence-electron chi connectivity index (χ0n) is 19.4. The number of likely N-dealkylation sites (N-methyl/N-ethyl adjacent to an activating group) is 1. The minimum absolute atomic E-state index is 0.196. The number of methoxy groups -OCH3 is 3. The lowest BCUT2D eigenvalue weighted by molar-refractivity contribution is 0.308. The summed E-state index contributed by atoms with van der Waals surface area (Å²) < 4.78 is 16.2. The molecule has 2 aromatic rings. The number of fused-ring (bicyclic) bond motifs is 1. The summed E-state index contributed by atoms with van der Waals surface area (Å²) in [5, 5.41) is 9.73. The summed E-state index contributed by atoms with van der Waals surface area (Å²) >= 11 is 0. The van der Waals surface area contributed by atoms with Gasteiger partial charge in [0, 0.05) is 6.54 Å². The third-order valence-corrected chi connectivity index (χ3v) is 6.53. The lowest BCUT2D eigenvalue weighted by Crippen LogP contribution is -2.23. The Bertz CT molecular complexity index is 817. The Kier molecular flexibility index (Phi) is 8.47. The van der Waals surface area contributed by atoms with E-state index in [-0.39, 0.29) is 5.75 Å². The second kappa shape index (κ2) is 11.3. The number of benzene rings is 2. The maximum Gasteiger partial charge on any atom is 0.161 e. The van der Waals surface area contributed by atoms with Gasteiger partial charge in [-0.2, -0.15) is 0 Å². The molecule has 1 aliphatic carbocycles. The molecule has 1 N–H and O–H groups in total. The van der Waals surface area contributed by atoms with Crippen molar-refractivity contribution in [3.63, 3.8) is 0 Å². The minimum atomic E-state index is 0.196. The maximum absolute atomic E-state index is 9.73. The summed E-state index contributed by atoms with van der Waals surface area (Å²) in [6.07, 6.45) is 8.20. The van der Waals surface area contributed by atoms with Crippen molar-refractivity contribution in [2.24, 2.45) is 5.92 Å². The number of phenolic OH excluding ortho intramolecular Hbond substituents is 1. The molecule has 170 valence electrons. The van der Waals surface area contributed by atoms with Gasteiger partial charge in [0.1, 0.15) is 0 Å². The smallest absolute Gasteiger partial charge is 0.161 e. The predicted octanol–water partition coefficient (Wildman–Crippen LogP) is 4.87. The van der Waals surface area contributed by atoms with Crippen LogP contribution in [0.4, 0.5) is 0 Å². The molecule has 0 radical (unpaired) electrons. The molecule has 0 bridgehead atoms. The molecule has 0 fully saturated rings. The van der Waals surface area contributed by atoms with E-state index in [2.05, 4.69) is 24.1 Å². The monoisotopic (exact) mass is 427 g/mol. The summed E-state index contributed by atoms with van der Waals surface area (Å²) in [6, 6.07) is 9.95. The molecule has 5 nitrogen and oxygen atoms in total. The van der Waals surface area contributed by atoms with Crippen molar-refractivity contribution in [2.75, 3.05) is 41.5 Å². The van der Waals surface area contributed by atoms with Gasteiger partial charge in [0.2, 0.25) is 0 Å². The van der Waals surface area contributed by atoms with Crippen LogP contribution in [0.3, 0.4) is 0 Å². The Labute approximate surface area is 186 Å². The van der Waals surface area contributed by atoms with Gasteiger partial charge < -0.3 is 24.2 Å². The van der Waals surface area contributed by atoms with Crippen molar-refractivity contribution in [1.29, 1.82) is 0 Å². The Morgan fingerprint density at radius 1 is 0.871 bits per heavy atom. The number of ether oxygens (including phenoxy) is 3. The van der Waals surface area contributed by atoms with Gasteiger partial charge in [-0.15, -0.1) is 0 Å². The Hall–Kier alpha value is -2.40. The maximum atomic E-state index is 9.73. The number of hydrogen-bond acceptors (Lipinski definition) is 5. The molecule has 0 saturated carbocycles. The van der Waals surface area contributed by atoms with Gasteiger partial charge in [-0.3, -0.25) is 0 Å². The van der Waals surface area contributed by atoms with Crippen LogP contribution in [-0.4, -0.2) is 51.5 Å². The highest BCUT2D eigenvalue weighted by molar-refractivity contribution is 5.48. The van der Waals surface area contributed by atoms with E-state index in [0.29, 0.717) is 5.75 Å². The van der Waals surface area contributed by atoms with E-state index in [1.54, 1.807) is 27.4 Å². The summed E-state index contributed by atoms with van der Waals surface area (Å²) in [4.78, 5) is 2.40. The molecule has 0 atom stereocenters. The molecule has 0 saturated heterocycles. The lowest BCUT2D eigenvalue weighted by Gasteiger charge is -2.19. The molecular formula is C26H37NO4. The zero-order chi connectivity index (χ0) is 22.2. The Balaban J connectivity index is 1.42. The quantitative estimate of drug-likeness (QED) is 0.549. The van der Waals surface area contributed by atoms with Crippen molar-refractivity contribution in [3.05, 3.63) is 47.0 Å². The third kappa shape index (κ3) is 6.30. The second-order valence-electron chi connectivity index (χ2n) is 8.62. The normalized spacial score (nSPS) is 14.2. The molecule has 1 aliphatic rings. The van der Waals surface area contributed by atoms with E-state index in [9.17, 15) is 5.11 Å². The van der Waals surface area contributed by atoms with Crippen LogP contribution in [0.15, 0.2) is 30.3 Å². The molecule has 0 spiro atoms. The van der Waals surface area contributed by atoms with Crippen molar-refractivity contribution in [1.82, 2.24) is 4.90 Å². The number of hydrogen-bond donors (Lipinski definition) is 1. The zero-order valence-corrected chi connectivity index (χ0v) is 19.4. The van der Waals surface area contributed by atoms with Gasteiger partial charge in [-0.25, -0.2) is 0 Å². The molecule has 2 aromatic carbocycles. The average molecular weight is 428 g/mol. The average Bonchev–Trinajstić information content (AvgIpc) is 2.99. The number of aromatic hydroxyl groups is 1. The molecule has 0 aromatic heterocycles. The number of aryl methyl sites for hydroxylation is 2. The molecule has 3 rings (SSSR count). The topological polar surface area (TPSA) is 51.2 Å². The highest BCUT2D eigenvalue weighted by Gasteiger charge is 2.19. The summed E-state index contributed by atoms with van der Waals surface area (Å²) in [6.45, 7) is 2.12. The Morgan fingerprint density at radius 2 is 1.48 bits per heavy atom. The van der Waals surface area contributed by atoms with Crippen LogP contribution in [0, 0.1) is 5.92 Å². The molecular weight excluding hydrogens is 390 g/mol. The summed E-state index contributed by atoms with van der Waals surface area (Å²) in [5.41, 5.74) is 4.03. The fourth-order valence-corrected chi connectivity index (χ4v) is 4.54. The van der Waals surface area contributed by atoms with E-state index in [1.807, 2.05) is 12.1 Å². The summed E-state index contributed by atoms with van der Waals surface area (Å²) in [7, 11) is 7.19. The number of phenols is 1. The van der Waals surface area contributed by atoms with Crippen LogP contribution < -0.4 is 14.2 Å². The first-order valence-electron chi connectivity index (χ1n) is 11.3. The van der Waals surface area contributed by atoms with Crippen LogP contribution in [0.2, 0.25) is 0 Å². The first-order chi connectivity index (χ1) is 15.0. The van der Waals surface area contributed by atoms with Crippen molar-refractivity contribution in [3.8, 4) is 23.0 Å². The van der Waals surface area contributed by atoms with Crippen LogP contribution >= 0.6 is 0 Å². The van der Waals surface area contributed by atoms with E-state index in [1.165, 1.54) is 42.4 Å². The van der Waals surface area contributed by atoms with Gasteiger partial charge >= 0.3 is 0 Å². The lowest BCUT2D eigenvalue weighted by atomic mass is 9.94. The van der Waals surface area contributed by atoms with Crippen LogP contribution in [0.25, 0.3) is 0 Å². The van der Waals surface area contributed by atoms with E-state index < -0.39 is 0 Å². The van der Waals surface area contributed by atoms with Gasteiger partial charge in [0.15, 0.2) is 23.0 Å². The van der Waals surface area contributed by atoms with Crippen molar-refractivity contribution < 1.29 is 19.3 Å². The van der Waals surface area contributed by atoms with Crippen molar-refractivity contribution >= 4 is 0 Å². The minimum Gasteiger partial charge on any atom is -0.504 e. The fourth-order valence-electron chi connectivity index (χ4n) is 4.54. The fraction of sp³-hybridized carbons (Fsp3) is 0.538. The van der Waals surface area contributed by atoms with Crippen LogP contribution in [0.1, 0.15) is 42.4 Å². The second-order valence-corrected chi connectivity index (χ2v) is 8.62. The highest BCUT2D eigenvalue weighted by atomic mass is 16.5. The third-order valence-electron chi connectivity index (χ3n) is 6.53. The standard InChI is InChI=1S/C26H37NO4/c1-27(15-13-20-9-12-23(28)24(16-20)29-2)14-5-6-19-7-10-21-17-25(30-3)26(31-4)18-22(21)11-8-19/h9,12,16-19,28H,5-8,10-11,13-15H2,1-4H3. The highest BCUT2D eigenvalue weighted by Crippen LogP contribution is 2.35. The first-order valence-corrected chi connectivity index (χ1v) is 11.3. The molecule has 31 heavy (non-hydrogen) atoms. The molecule has 0 aliphatic heterocycles. The van der Waals surface area contributed by atoms with Gasteiger partial charge in [-0.1, -0.05) is 6.07 Å². The van der Waals surface area contributed by atoms with Gasteiger partial charge in [0.05, 0.1) is 21.3 Å². The molecule has 5 heteroatoms. The van der Waals surface area contributed by atoms with E-state index in [0.717, 1.165) is 49.8 Å². The van der Waals surface area contributed by atoms with E-state index in [4.69, 9.17) is 14.2 Å². The largest absolute Gasteiger partial charge is 0.504 e. The molecule has 0 amide bonds. The van der Waals surface area contributed by atoms with Crippen LogP contribution in [0.5, 0.6) is 23.0 Å². The first kappa shape index (κ1) is 23.3. The molecule has 0 unspecified atom stereocenters. The SMILES string of the molecule is COc1cc(CCN(C)CCCC2CCc3cc(OC)c(OC)cc3CC2)ccc1O. The van der Waals surface area contributed by atoms with Gasteiger partial charge in [-0.05, 0) is 105 Å². The van der Waals surface area contributed by atoms with Crippen LogP contribution in [-0.2, 0) is 19.3 Å². The predicted molar refractivity (Wildman–Crippen MR) is 125 cm³/mol. The summed E-state index contributed by atoms with van der Waals surface area (Å²) in [5.74, 6) is 3.20. The van der Waals surface area contributed by atoms with E-state index >= 15 is 0 Å².